The Morgan fingerprint density at radius 1 is 1.14 bits per heavy atom. The lowest BCUT2D eigenvalue weighted by molar-refractivity contribution is -0.160. The van der Waals surface area contributed by atoms with E-state index < -0.39 is 11.5 Å². The van der Waals surface area contributed by atoms with Crippen molar-refractivity contribution in [3.63, 3.8) is 0 Å². The molecular weight excluding hydrogens is 444 g/mol. The van der Waals surface area contributed by atoms with Crippen molar-refractivity contribution in [1.82, 2.24) is 10.2 Å². The molecule has 35 heavy (non-hydrogen) atoms. The summed E-state index contributed by atoms with van der Waals surface area (Å²) in [6, 6.07) is 0. The summed E-state index contributed by atoms with van der Waals surface area (Å²) in [6.07, 6.45) is 6.55. The summed E-state index contributed by atoms with van der Waals surface area (Å²) in [6.45, 7) is 9.05. The van der Waals surface area contributed by atoms with Crippen LogP contribution >= 0.6 is 0 Å². The highest BCUT2D eigenvalue weighted by Gasteiger charge is 2.77. The molecule has 194 valence electrons. The molecule has 11 atom stereocenters. The summed E-state index contributed by atoms with van der Waals surface area (Å²) < 4.78 is 12.3. The number of amides is 2. The van der Waals surface area contributed by atoms with Gasteiger partial charge in [-0.1, -0.05) is 20.8 Å². The molecule has 4 bridgehead atoms. The lowest BCUT2D eigenvalue weighted by atomic mass is 9.50. The molecule has 2 saturated heterocycles. The monoisotopic (exact) mass is 486 g/mol. The van der Waals surface area contributed by atoms with Gasteiger partial charge in [0.25, 0.3) is 0 Å². The van der Waals surface area contributed by atoms with Gasteiger partial charge in [-0.3, -0.25) is 14.9 Å². The normalized spacial score (nSPS) is 51.7. The maximum absolute atomic E-state index is 14.0. The van der Waals surface area contributed by atoms with Crippen molar-refractivity contribution < 1.29 is 23.9 Å². The highest BCUT2D eigenvalue weighted by Crippen LogP contribution is 2.78. The van der Waals surface area contributed by atoms with Crippen LogP contribution in [0.1, 0.15) is 72.1 Å². The van der Waals surface area contributed by atoms with Gasteiger partial charge in [-0.25, -0.2) is 4.79 Å². The van der Waals surface area contributed by atoms with Gasteiger partial charge in [-0.2, -0.15) is 0 Å². The van der Waals surface area contributed by atoms with Crippen LogP contribution in [0, 0.1) is 45.8 Å². The van der Waals surface area contributed by atoms with Gasteiger partial charge in [-0.05, 0) is 75.2 Å². The van der Waals surface area contributed by atoms with Gasteiger partial charge in [0.15, 0.2) is 0 Å². The fourth-order valence-electron chi connectivity index (χ4n) is 9.77. The molecule has 2 amide bonds. The minimum atomic E-state index is -0.625. The molecule has 2 aliphatic heterocycles. The van der Waals surface area contributed by atoms with Crippen LogP contribution in [-0.2, 0) is 19.1 Å². The van der Waals surface area contributed by atoms with Crippen molar-refractivity contribution in [2.75, 3.05) is 26.7 Å². The number of nitrogens with zero attached hydrogens (tertiary/aromatic N) is 1. The largest absolute Gasteiger partial charge is 0.445 e. The van der Waals surface area contributed by atoms with E-state index in [0.717, 1.165) is 64.6 Å². The first-order valence-electron chi connectivity index (χ1n) is 14.0. The van der Waals surface area contributed by atoms with Gasteiger partial charge in [-0.15, -0.1) is 0 Å². The number of fused-ring (bicyclic) bond motifs is 2. The van der Waals surface area contributed by atoms with Crippen LogP contribution in [0.2, 0.25) is 0 Å². The van der Waals surface area contributed by atoms with Crippen LogP contribution in [0.5, 0.6) is 0 Å². The summed E-state index contributed by atoms with van der Waals surface area (Å²) in [4.78, 5) is 42.5. The first kappa shape index (κ1) is 23.9. The molecule has 0 aromatic carbocycles. The Kier molecular flexibility index (Phi) is 5.47. The maximum Gasteiger partial charge on any atom is 0.414 e. The number of alkyl carbamates (subject to hydrolysis) is 1. The first-order valence-corrected chi connectivity index (χ1v) is 14.0. The van der Waals surface area contributed by atoms with E-state index in [2.05, 4.69) is 31.0 Å². The second-order valence-electron chi connectivity index (χ2n) is 13.1. The molecule has 1 spiro atoms. The Morgan fingerprint density at radius 3 is 2.57 bits per heavy atom. The van der Waals surface area contributed by atoms with Crippen LogP contribution in [0.15, 0.2) is 0 Å². The molecule has 0 aromatic heterocycles. The fraction of sp³-hybridized carbons (Fsp3) is 0.893. The predicted octanol–water partition coefficient (Wildman–Crippen LogP) is 3.80. The predicted molar refractivity (Wildman–Crippen MR) is 129 cm³/mol. The van der Waals surface area contributed by atoms with E-state index in [0.29, 0.717) is 24.0 Å². The number of carbonyl (C=O) groups excluding carboxylic acids is 3. The van der Waals surface area contributed by atoms with Gasteiger partial charge in [0.1, 0.15) is 11.9 Å². The van der Waals surface area contributed by atoms with Crippen molar-refractivity contribution in [3.05, 3.63) is 0 Å². The number of rotatable bonds is 4. The Morgan fingerprint density at radius 2 is 1.91 bits per heavy atom. The van der Waals surface area contributed by atoms with E-state index >= 15 is 0 Å². The topological polar surface area (TPSA) is 84.9 Å². The van der Waals surface area contributed by atoms with E-state index in [4.69, 9.17) is 9.47 Å². The van der Waals surface area contributed by atoms with Crippen molar-refractivity contribution in [1.29, 1.82) is 0 Å². The second-order valence-corrected chi connectivity index (χ2v) is 13.1. The number of nitrogens with one attached hydrogen (secondary N) is 1. The molecule has 2 heterocycles. The molecule has 6 fully saturated rings. The number of methoxy groups -OCH3 is 1. The summed E-state index contributed by atoms with van der Waals surface area (Å²) in [5.74, 6) is 1.05. The lowest BCUT2D eigenvalue weighted by Gasteiger charge is -2.55. The van der Waals surface area contributed by atoms with Crippen molar-refractivity contribution >= 4 is 17.8 Å². The zero-order valence-electron chi connectivity index (χ0n) is 21.8. The van der Waals surface area contributed by atoms with Gasteiger partial charge in [0, 0.05) is 42.9 Å². The summed E-state index contributed by atoms with van der Waals surface area (Å²) in [5.41, 5.74) is -0.751. The first-order chi connectivity index (χ1) is 16.7. The van der Waals surface area contributed by atoms with Crippen molar-refractivity contribution in [2.24, 2.45) is 45.8 Å². The van der Waals surface area contributed by atoms with Gasteiger partial charge >= 0.3 is 6.09 Å². The van der Waals surface area contributed by atoms with Crippen molar-refractivity contribution in [3.8, 4) is 0 Å². The third kappa shape index (κ3) is 3.25. The van der Waals surface area contributed by atoms with Crippen LogP contribution < -0.4 is 5.32 Å². The fourth-order valence-corrected chi connectivity index (χ4v) is 9.77. The summed E-state index contributed by atoms with van der Waals surface area (Å²) in [7, 11) is 1.79. The Hall–Kier alpha value is -1.47. The van der Waals surface area contributed by atoms with Crippen LogP contribution in [-0.4, -0.2) is 61.6 Å². The number of piperidine rings is 1. The van der Waals surface area contributed by atoms with Crippen LogP contribution in [0.25, 0.3) is 0 Å². The molecule has 6 aliphatic rings. The smallest absolute Gasteiger partial charge is 0.414 e. The Labute approximate surface area is 209 Å². The Balaban J connectivity index is 1.30. The summed E-state index contributed by atoms with van der Waals surface area (Å²) >= 11 is 0. The number of Topliss-reactive ketones (excluding diaryl/α,β-unsaturated/α-hetero) is 1. The third-order valence-corrected chi connectivity index (χ3v) is 11.9. The van der Waals surface area contributed by atoms with E-state index in [-0.39, 0.29) is 46.7 Å². The molecule has 4 saturated carbocycles. The van der Waals surface area contributed by atoms with Crippen molar-refractivity contribution in [2.45, 2.75) is 84.3 Å². The number of ketones is 1. The molecular formula is C28H42N2O5. The van der Waals surface area contributed by atoms with Crippen LogP contribution in [0.4, 0.5) is 4.79 Å². The van der Waals surface area contributed by atoms with E-state index in [1.807, 2.05) is 0 Å². The quantitative estimate of drug-likeness (QED) is 0.651. The SMILES string of the molecule is CC[C@]1(C)C[C@@H](OC(=O)NC(=O)[C@H]2CN3CC[C@@H]2C3)[C@]23C[C@@H]2CCC2(CC[C@@H](OC)C23)[C@@H](C)C1=O. The van der Waals surface area contributed by atoms with Crippen LogP contribution in [0.3, 0.4) is 0 Å². The third-order valence-electron chi connectivity index (χ3n) is 11.9. The number of ether oxygens (including phenoxy) is 2. The number of carbonyl (C=O) groups is 3. The van der Waals surface area contributed by atoms with Gasteiger partial charge < -0.3 is 14.4 Å². The minimum absolute atomic E-state index is 0.0137. The zero-order valence-corrected chi connectivity index (χ0v) is 21.8. The Bertz CT molecular complexity index is 938. The molecule has 6 rings (SSSR count). The lowest BCUT2D eigenvalue weighted by Crippen LogP contribution is -2.58. The molecule has 0 aromatic rings. The molecule has 4 aliphatic carbocycles. The number of imide groups is 1. The number of hydrogen-bond donors (Lipinski definition) is 1. The highest BCUT2D eigenvalue weighted by molar-refractivity contribution is 5.94. The maximum atomic E-state index is 14.0. The molecule has 7 heteroatoms. The average Bonchev–Trinajstić information content (AvgIpc) is 3.16. The van der Waals surface area contributed by atoms with E-state index in [1.165, 1.54) is 0 Å². The molecule has 3 unspecified atom stereocenters. The highest BCUT2D eigenvalue weighted by atomic mass is 16.6. The average molecular weight is 487 g/mol. The van der Waals surface area contributed by atoms with E-state index in [1.54, 1.807) is 7.11 Å². The van der Waals surface area contributed by atoms with E-state index in [9.17, 15) is 14.4 Å². The summed E-state index contributed by atoms with van der Waals surface area (Å²) in [5, 5.41) is 2.61. The van der Waals surface area contributed by atoms with Gasteiger partial charge in [0.05, 0.1) is 12.0 Å². The molecule has 0 radical (unpaired) electrons. The standard InChI is InChI=1S/C28H42N2O5/c1-5-26(3)13-21(35-25(33)29-24(32)19-15-30-11-8-17(19)14-30)28-12-18(28)6-9-27(16(2)23(26)31)10-7-20(34-4)22(27)28/h16-22H,5-15H2,1-4H3,(H,29,32,33)/t16-,17+,18-,19-,20+,21+,22?,26+,27?,28-/m0/s1. The number of hydrogen-bond acceptors (Lipinski definition) is 6. The molecule has 1 N–H and O–H groups in total. The zero-order chi connectivity index (χ0) is 24.8. The van der Waals surface area contributed by atoms with Gasteiger partial charge in [0.2, 0.25) is 5.91 Å². The molecule has 7 nitrogen and oxygen atoms in total. The minimum Gasteiger partial charge on any atom is -0.445 e. The second kappa shape index (κ2) is 8.01.